The summed E-state index contributed by atoms with van der Waals surface area (Å²) in [5.41, 5.74) is 5.52. The molecular formula is C39H41FN2O7S2. The molecule has 0 bridgehead atoms. The maximum Gasteiger partial charge on any atom is 0.306 e. The third kappa shape index (κ3) is 7.62. The number of aryl methyl sites for hydroxylation is 3. The van der Waals surface area contributed by atoms with Crippen molar-refractivity contribution in [2.24, 2.45) is 0 Å². The lowest BCUT2D eigenvalue weighted by Crippen LogP contribution is -2.34. The highest BCUT2D eigenvalue weighted by Gasteiger charge is 2.40. The molecule has 1 saturated heterocycles. The first kappa shape index (κ1) is 36.4. The minimum atomic E-state index is -4.60. The van der Waals surface area contributed by atoms with Gasteiger partial charge in [-0.15, -0.1) is 0 Å². The number of benzene rings is 4. The Bertz CT molecular complexity index is 2040. The molecule has 4 aromatic carbocycles. The van der Waals surface area contributed by atoms with Crippen LogP contribution in [0.3, 0.4) is 0 Å². The minimum absolute atomic E-state index is 0.0313. The Kier molecular flexibility index (Phi) is 11.0. The molecule has 0 N–H and O–H groups in total. The monoisotopic (exact) mass is 732 g/mol. The Morgan fingerprint density at radius 1 is 1.00 bits per heavy atom. The summed E-state index contributed by atoms with van der Waals surface area (Å²) >= 11 is 1.95. The van der Waals surface area contributed by atoms with Gasteiger partial charge in [-0.05, 0) is 134 Å². The van der Waals surface area contributed by atoms with Crippen LogP contribution in [0.25, 0.3) is 11.1 Å². The molecule has 12 heteroatoms. The predicted octanol–water partition coefficient (Wildman–Crippen LogP) is 8.67. The van der Waals surface area contributed by atoms with Crippen LogP contribution in [0.2, 0.25) is 0 Å². The zero-order valence-electron chi connectivity index (χ0n) is 28.9. The molecule has 0 aromatic heterocycles. The van der Waals surface area contributed by atoms with Crippen LogP contribution in [0, 0.1) is 29.8 Å². The van der Waals surface area contributed by atoms with Crippen LogP contribution in [0.5, 0.6) is 5.75 Å². The zero-order chi connectivity index (χ0) is 36.3. The number of carbonyl (C=O) groups excluding carboxylic acids is 1. The summed E-state index contributed by atoms with van der Waals surface area (Å²) in [6.07, 6.45) is 3.18. The second-order valence-electron chi connectivity index (χ2n) is 12.9. The van der Waals surface area contributed by atoms with Gasteiger partial charge in [-0.3, -0.25) is 19.2 Å². The fourth-order valence-corrected chi connectivity index (χ4v) is 10.2. The van der Waals surface area contributed by atoms with E-state index in [2.05, 4.69) is 26.0 Å². The van der Waals surface area contributed by atoms with Crippen LogP contribution in [0.4, 0.5) is 15.8 Å². The smallest absolute Gasteiger partial charge is 0.306 e. The van der Waals surface area contributed by atoms with E-state index in [1.54, 1.807) is 6.92 Å². The van der Waals surface area contributed by atoms with Crippen molar-refractivity contribution in [1.82, 2.24) is 0 Å². The van der Waals surface area contributed by atoms with Crippen LogP contribution < -0.4 is 9.04 Å². The Labute approximate surface area is 302 Å². The van der Waals surface area contributed by atoms with E-state index in [0.717, 1.165) is 79.9 Å². The molecule has 1 aliphatic heterocycles. The maximum absolute atomic E-state index is 15.7. The topological polar surface area (TPSA) is 116 Å². The third-order valence-corrected chi connectivity index (χ3v) is 12.5. The fraction of sp³-hybridized carbons (Fsp3) is 0.359. The molecule has 2 aliphatic rings. The van der Waals surface area contributed by atoms with Gasteiger partial charge in [0.2, 0.25) is 0 Å². The van der Waals surface area contributed by atoms with Crippen LogP contribution in [0.15, 0.2) is 77.7 Å². The number of carbonyl (C=O) groups is 1. The summed E-state index contributed by atoms with van der Waals surface area (Å²) in [6, 6.07) is 18.4. The van der Waals surface area contributed by atoms with Crippen molar-refractivity contribution in [2.75, 3.05) is 22.4 Å². The standard InChI is InChI=1S/C39H41FN2O7S2/c1-4-48-38(43)17-13-27-12-14-28(24-34(27)40)41(51(46,47)37-11-6-5-10-36(37)42(44)45)35-16-15-31-32(35)8-7-9-33(31)39-25(2)22-30(23-26(39)3)49-29-18-20-50-21-19-29/h5-12,14,22-24,29,35H,4,13,15-21H2,1-3H3. The van der Waals surface area contributed by atoms with Gasteiger partial charge in [0.1, 0.15) is 17.7 Å². The molecule has 1 fully saturated rings. The number of halogens is 1. The summed E-state index contributed by atoms with van der Waals surface area (Å²) in [7, 11) is -4.60. The van der Waals surface area contributed by atoms with Gasteiger partial charge in [0, 0.05) is 12.5 Å². The second kappa shape index (κ2) is 15.4. The van der Waals surface area contributed by atoms with Gasteiger partial charge < -0.3 is 9.47 Å². The Morgan fingerprint density at radius 3 is 2.41 bits per heavy atom. The fourth-order valence-electron chi connectivity index (χ4n) is 7.28. The number of hydrogen-bond donors (Lipinski definition) is 0. The van der Waals surface area contributed by atoms with Crippen molar-refractivity contribution in [3.05, 3.63) is 117 Å². The molecule has 4 aromatic rings. The van der Waals surface area contributed by atoms with Crippen molar-refractivity contribution in [3.8, 4) is 16.9 Å². The number of nitro benzene ring substituents is 1. The van der Waals surface area contributed by atoms with Gasteiger partial charge in [0.15, 0.2) is 4.90 Å². The molecular weight excluding hydrogens is 692 g/mol. The number of hydrogen-bond acceptors (Lipinski definition) is 8. The van der Waals surface area contributed by atoms with Gasteiger partial charge in [0.05, 0.1) is 23.3 Å². The van der Waals surface area contributed by atoms with E-state index in [9.17, 15) is 23.3 Å². The number of para-hydroxylation sites is 1. The second-order valence-corrected chi connectivity index (χ2v) is 15.9. The van der Waals surface area contributed by atoms with Gasteiger partial charge in [0.25, 0.3) is 15.7 Å². The molecule has 9 nitrogen and oxygen atoms in total. The predicted molar refractivity (Wildman–Crippen MR) is 198 cm³/mol. The Balaban J connectivity index is 1.42. The number of nitro groups is 1. The summed E-state index contributed by atoms with van der Waals surface area (Å²) in [6.45, 7) is 6.00. The van der Waals surface area contributed by atoms with Gasteiger partial charge in [-0.25, -0.2) is 12.8 Å². The van der Waals surface area contributed by atoms with Crippen molar-refractivity contribution >= 4 is 39.1 Å². The third-order valence-electron chi connectivity index (χ3n) is 9.56. The van der Waals surface area contributed by atoms with Gasteiger partial charge >= 0.3 is 5.97 Å². The summed E-state index contributed by atoms with van der Waals surface area (Å²) in [5, 5.41) is 12.0. The lowest BCUT2D eigenvalue weighted by molar-refractivity contribution is -0.387. The molecule has 268 valence electrons. The van der Waals surface area contributed by atoms with E-state index >= 15 is 4.39 Å². The molecule has 1 atom stereocenters. The van der Waals surface area contributed by atoms with E-state index in [1.165, 1.54) is 30.3 Å². The minimum Gasteiger partial charge on any atom is -0.490 e. The number of anilines is 1. The van der Waals surface area contributed by atoms with E-state index in [1.807, 2.05) is 30.0 Å². The molecule has 0 spiro atoms. The average molecular weight is 733 g/mol. The average Bonchev–Trinajstić information content (AvgIpc) is 3.52. The highest BCUT2D eigenvalue weighted by molar-refractivity contribution is 7.99. The highest BCUT2D eigenvalue weighted by Crippen LogP contribution is 2.47. The van der Waals surface area contributed by atoms with Crippen molar-refractivity contribution in [3.63, 3.8) is 0 Å². The zero-order valence-corrected chi connectivity index (χ0v) is 30.5. The number of thioether (sulfide) groups is 1. The van der Waals surface area contributed by atoms with Crippen molar-refractivity contribution in [2.45, 2.75) is 76.3 Å². The van der Waals surface area contributed by atoms with Crippen LogP contribution >= 0.6 is 11.8 Å². The number of sulfonamides is 1. The first-order chi connectivity index (χ1) is 24.5. The maximum atomic E-state index is 15.7. The SMILES string of the molecule is CCOC(=O)CCc1ccc(N(C2CCc3c(-c4c(C)cc(OC5CCSCC5)cc4C)cccc32)S(=O)(=O)c2ccccc2[N+](=O)[O-])cc1F. The van der Waals surface area contributed by atoms with Gasteiger partial charge in [-0.1, -0.05) is 36.4 Å². The van der Waals surface area contributed by atoms with E-state index in [4.69, 9.17) is 9.47 Å². The largest absolute Gasteiger partial charge is 0.490 e. The number of nitrogens with zero attached hydrogens (tertiary/aromatic N) is 2. The Morgan fingerprint density at radius 2 is 1.73 bits per heavy atom. The first-order valence-corrected chi connectivity index (χ1v) is 19.8. The first-order valence-electron chi connectivity index (χ1n) is 17.2. The molecule has 0 saturated carbocycles. The molecule has 51 heavy (non-hydrogen) atoms. The van der Waals surface area contributed by atoms with Crippen LogP contribution in [-0.2, 0) is 32.4 Å². The van der Waals surface area contributed by atoms with Crippen molar-refractivity contribution < 1.29 is 32.0 Å². The number of esters is 1. The van der Waals surface area contributed by atoms with Crippen molar-refractivity contribution in [1.29, 1.82) is 0 Å². The summed E-state index contributed by atoms with van der Waals surface area (Å²) in [5.74, 6) is 1.87. The molecule has 1 aliphatic carbocycles. The summed E-state index contributed by atoms with van der Waals surface area (Å²) in [4.78, 5) is 22.8. The normalized spacial score (nSPS) is 16.0. The van der Waals surface area contributed by atoms with Gasteiger partial charge in [-0.2, -0.15) is 11.8 Å². The lowest BCUT2D eigenvalue weighted by atomic mass is 9.90. The quantitative estimate of drug-likeness (QED) is 0.0808. The molecule has 6 rings (SSSR count). The molecule has 1 heterocycles. The highest BCUT2D eigenvalue weighted by atomic mass is 32.2. The lowest BCUT2D eigenvalue weighted by Gasteiger charge is -2.31. The van der Waals surface area contributed by atoms with E-state index in [-0.39, 0.29) is 36.8 Å². The number of fused-ring (bicyclic) bond motifs is 1. The van der Waals surface area contributed by atoms with E-state index < -0.39 is 43.4 Å². The van der Waals surface area contributed by atoms with E-state index in [0.29, 0.717) is 12.8 Å². The van der Waals surface area contributed by atoms with Crippen LogP contribution in [0.1, 0.15) is 66.5 Å². The summed E-state index contributed by atoms with van der Waals surface area (Å²) < 4.78 is 57.4. The number of rotatable bonds is 12. The Hall–Kier alpha value is -4.42. The molecule has 1 unspecified atom stereocenters. The van der Waals surface area contributed by atoms with Crippen LogP contribution in [-0.4, -0.2) is 43.5 Å². The molecule has 0 amide bonds. The molecule has 0 radical (unpaired) electrons. The number of ether oxygens (including phenoxy) is 2.